The number of para-hydroxylation sites is 1. The maximum atomic E-state index is 11.6. The molecule has 5 bridgehead atoms. The maximum Gasteiger partial charge on any atom is 0.0804 e. The fraction of sp³-hybridized carbons (Fsp3) is 0.700. The highest BCUT2D eigenvalue weighted by Crippen LogP contribution is 2.68. The molecule has 6 aliphatic rings. The lowest BCUT2D eigenvalue weighted by molar-refractivity contribution is -0.190. The average Bonchev–Trinajstić information content (AvgIpc) is 2.98. The van der Waals surface area contributed by atoms with Crippen LogP contribution in [0.3, 0.4) is 0 Å². The van der Waals surface area contributed by atoms with Crippen LogP contribution in [0.2, 0.25) is 0 Å². The molecular formula is C20H26N2O2. The first kappa shape index (κ1) is 14.1. The van der Waals surface area contributed by atoms with Crippen molar-refractivity contribution in [1.82, 2.24) is 4.90 Å². The summed E-state index contributed by atoms with van der Waals surface area (Å²) in [5.74, 6) is 0.479. The molecule has 9 atom stereocenters. The van der Waals surface area contributed by atoms with Gasteiger partial charge >= 0.3 is 0 Å². The van der Waals surface area contributed by atoms with E-state index in [2.05, 4.69) is 48.0 Å². The second kappa shape index (κ2) is 4.00. The van der Waals surface area contributed by atoms with Crippen LogP contribution < -0.4 is 4.90 Å². The quantitative estimate of drug-likeness (QED) is 0.818. The molecule has 0 radical (unpaired) electrons. The molecule has 1 saturated carbocycles. The van der Waals surface area contributed by atoms with E-state index < -0.39 is 5.60 Å². The van der Waals surface area contributed by atoms with Gasteiger partial charge in [0.15, 0.2) is 0 Å². The largest absolute Gasteiger partial charge is 0.392 e. The Hall–Kier alpha value is -1.10. The van der Waals surface area contributed by atoms with E-state index >= 15 is 0 Å². The number of hydrogen-bond donors (Lipinski definition) is 2. The Morgan fingerprint density at radius 3 is 2.83 bits per heavy atom. The summed E-state index contributed by atoms with van der Waals surface area (Å²) in [7, 11) is 2.21. The molecule has 1 spiro atoms. The number of piperidine rings is 4. The van der Waals surface area contributed by atoms with Gasteiger partial charge in [0, 0.05) is 42.7 Å². The predicted molar refractivity (Wildman–Crippen MR) is 92.1 cm³/mol. The van der Waals surface area contributed by atoms with Crippen molar-refractivity contribution >= 4 is 5.69 Å². The minimum atomic E-state index is -0.610. The van der Waals surface area contributed by atoms with Crippen LogP contribution in [-0.2, 0) is 5.41 Å². The Morgan fingerprint density at radius 2 is 2.04 bits per heavy atom. The highest BCUT2D eigenvalue weighted by atomic mass is 16.3. The molecule has 4 saturated heterocycles. The second-order valence-corrected chi connectivity index (χ2v) is 8.95. The van der Waals surface area contributed by atoms with Crippen LogP contribution in [-0.4, -0.2) is 58.5 Å². The molecule has 24 heavy (non-hydrogen) atoms. The first-order valence-corrected chi connectivity index (χ1v) is 9.51. The molecule has 5 fully saturated rings. The normalized spacial score (nSPS) is 55.8. The number of aliphatic hydroxyl groups excluding tert-OH is 1. The number of likely N-dealkylation sites (N-methyl/N-ethyl adjacent to an activating group) is 1. The fourth-order valence-electron chi connectivity index (χ4n) is 7.71. The number of hydrogen-bond acceptors (Lipinski definition) is 4. The predicted octanol–water partition coefficient (Wildman–Crippen LogP) is 1.35. The zero-order valence-corrected chi connectivity index (χ0v) is 14.4. The van der Waals surface area contributed by atoms with E-state index in [9.17, 15) is 10.2 Å². The standard InChI is InChI=1S/C20H26N2O2/c1-3-19(24)10-22-14-8-12(19)16-15(22)9-20(18(16)23)11-6-4-5-7-13(11)21(2)17(14)20/h4-7,12,14-18,23-24H,3,8-10H2,1-2H3/t12-,14+,15+,16?,17+,18?,19+,20-/m1/s1. The summed E-state index contributed by atoms with van der Waals surface area (Å²) >= 11 is 0. The van der Waals surface area contributed by atoms with E-state index in [0.717, 1.165) is 25.8 Å². The van der Waals surface area contributed by atoms with Crippen molar-refractivity contribution < 1.29 is 10.2 Å². The lowest BCUT2D eigenvalue weighted by Crippen LogP contribution is -2.73. The molecular weight excluding hydrogens is 300 g/mol. The van der Waals surface area contributed by atoms with Crippen molar-refractivity contribution in [2.45, 2.75) is 61.4 Å². The number of aliphatic hydroxyl groups is 2. The summed E-state index contributed by atoms with van der Waals surface area (Å²) in [6.07, 6.45) is 2.54. The van der Waals surface area contributed by atoms with Gasteiger partial charge in [0.1, 0.15) is 0 Å². The molecule has 4 heteroatoms. The monoisotopic (exact) mass is 326 g/mol. The molecule has 128 valence electrons. The van der Waals surface area contributed by atoms with E-state index in [-0.39, 0.29) is 23.4 Å². The number of anilines is 1. The molecule has 1 aromatic rings. The summed E-state index contributed by atoms with van der Waals surface area (Å²) in [6.45, 7) is 2.90. The Bertz CT molecular complexity index is 738. The summed E-state index contributed by atoms with van der Waals surface area (Å²) < 4.78 is 0. The minimum Gasteiger partial charge on any atom is -0.392 e. The van der Waals surface area contributed by atoms with Gasteiger partial charge in [-0.15, -0.1) is 0 Å². The van der Waals surface area contributed by atoms with Gasteiger partial charge in [0.05, 0.1) is 17.7 Å². The third-order valence-corrected chi connectivity index (χ3v) is 8.55. The average molecular weight is 326 g/mol. The molecule has 2 N–H and O–H groups in total. The number of nitrogens with zero attached hydrogens (tertiary/aromatic N) is 2. The van der Waals surface area contributed by atoms with Crippen LogP contribution in [0.15, 0.2) is 24.3 Å². The first-order chi connectivity index (χ1) is 11.5. The first-order valence-electron chi connectivity index (χ1n) is 9.51. The van der Waals surface area contributed by atoms with Gasteiger partial charge in [-0.1, -0.05) is 25.1 Å². The lowest BCUT2D eigenvalue weighted by atomic mass is 9.61. The Kier molecular flexibility index (Phi) is 2.35. The molecule has 0 aromatic heterocycles. The summed E-state index contributed by atoms with van der Waals surface area (Å²) in [4.78, 5) is 5.02. The van der Waals surface area contributed by atoms with Crippen LogP contribution in [0, 0.1) is 11.8 Å². The topological polar surface area (TPSA) is 46.9 Å². The van der Waals surface area contributed by atoms with Crippen molar-refractivity contribution in [2.24, 2.45) is 11.8 Å². The molecule has 5 heterocycles. The van der Waals surface area contributed by atoms with E-state index in [1.165, 1.54) is 11.3 Å². The van der Waals surface area contributed by atoms with Crippen LogP contribution in [0.4, 0.5) is 5.69 Å². The minimum absolute atomic E-state index is 0.129. The van der Waals surface area contributed by atoms with Crippen molar-refractivity contribution in [2.75, 3.05) is 18.5 Å². The van der Waals surface area contributed by atoms with E-state index in [4.69, 9.17) is 0 Å². The van der Waals surface area contributed by atoms with Gasteiger partial charge in [-0.25, -0.2) is 0 Å². The van der Waals surface area contributed by atoms with E-state index in [1.807, 2.05) is 0 Å². The van der Waals surface area contributed by atoms with Gasteiger partial charge < -0.3 is 15.1 Å². The van der Waals surface area contributed by atoms with E-state index in [0.29, 0.717) is 18.1 Å². The summed E-state index contributed by atoms with van der Waals surface area (Å²) in [5.41, 5.74) is 1.92. The SMILES string of the molecule is CC[C@]1(O)CN2[C@H]3C[C@@]45c6ccccc6N(C)[C@H]4[C@@H]2C[C@@H]1C3C5O. The Labute approximate surface area is 143 Å². The summed E-state index contributed by atoms with van der Waals surface area (Å²) in [6, 6.07) is 9.95. The Morgan fingerprint density at radius 1 is 1.25 bits per heavy atom. The number of rotatable bonds is 1. The molecule has 5 aliphatic heterocycles. The second-order valence-electron chi connectivity index (χ2n) is 8.95. The number of benzene rings is 1. The van der Waals surface area contributed by atoms with Crippen LogP contribution in [0.25, 0.3) is 0 Å². The smallest absolute Gasteiger partial charge is 0.0804 e. The van der Waals surface area contributed by atoms with Gasteiger partial charge in [0.25, 0.3) is 0 Å². The van der Waals surface area contributed by atoms with Crippen molar-refractivity contribution in [3.05, 3.63) is 29.8 Å². The van der Waals surface area contributed by atoms with Crippen LogP contribution >= 0.6 is 0 Å². The Balaban J connectivity index is 1.59. The van der Waals surface area contributed by atoms with E-state index in [1.54, 1.807) is 0 Å². The molecule has 1 aliphatic carbocycles. The molecule has 7 rings (SSSR count). The third-order valence-electron chi connectivity index (χ3n) is 8.55. The van der Waals surface area contributed by atoms with Gasteiger partial charge in [-0.2, -0.15) is 0 Å². The molecule has 4 nitrogen and oxygen atoms in total. The molecule has 3 unspecified atom stereocenters. The lowest BCUT2D eigenvalue weighted by Gasteiger charge is -2.63. The fourth-order valence-corrected chi connectivity index (χ4v) is 7.71. The van der Waals surface area contributed by atoms with Crippen LogP contribution in [0.5, 0.6) is 0 Å². The summed E-state index contributed by atoms with van der Waals surface area (Å²) in [5, 5.41) is 22.8. The van der Waals surface area contributed by atoms with Gasteiger partial charge in [-0.3, -0.25) is 4.90 Å². The highest BCUT2D eigenvalue weighted by Gasteiger charge is 2.76. The van der Waals surface area contributed by atoms with Crippen molar-refractivity contribution in [3.8, 4) is 0 Å². The van der Waals surface area contributed by atoms with Crippen LogP contribution in [0.1, 0.15) is 31.7 Å². The molecule has 0 amide bonds. The van der Waals surface area contributed by atoms with Crippen molar-refractivity contribution in [1.29, 1.82) is 0 Å². The maximum absolute atomic E-state index is 11.6. The number of fused-ring (bicyclic) bond motifs is 2. The van der Waals surface area contributed by atoms with Gasteiger partial charge in [-0.05, 0) is 36.8 Å². The van der Waals surface area contributed by atoms with Crippen molar-refractivity contribution in [3.63, 3.8) is 0 Å². The zero-order chi connectivity index (χ0) is 16.4. The highest BCUT2D eigenvalue weighted by molar-refractivity contribution is 5.67. The zero-order valence-electron chi connectivity index (χ0n) is 14.4. The molecule has 1 aromatic carbocycles. The third kappa shape index (κ3) is 1.20. The van der Waals surface area contributed by atoms with Gasteiger partial charge in [0.2, 0.25) is 0 Å².